The zero-order chi connectivity index (χ0) is 16.7. The molecule has 0 radical (unpaired) electrons. The molecule has 0 bridgehead atoms. The summed E-state index contributed by atoms with van der Waals surface area (Å²) in [6.45, 7) is 4.13. The van der Waals surface area contributed by atoms with Crippen LogP contribution in [0.1, 0.15) is 18.3 Å². The average molecular weight is 382 g/mol. The van der Waals surface area contributed by atoms with E-state index in [1.165, 1.54) is 0 Å². The minimum Gasteiger partial charge on any atom is -0.325 e. The van der Waals surface area contributed by atoms with Gasteiger partial charge in [0, 0.05) is 22.0 Å². The number of nitrogens with one attached hydrogen (secondary N) is 1. The number of hydrogen-bond donors (Lipinski definition) is 1. The molecule has 5 nitrogen and oxygen atoms in total. The van der Waals surface area contributed by atoms with E-state index >= 15 is 0 Å². The number of aryl methyl sites for hydroxylation is 2. The highest BCUT2D eigenvalue weighted by molar-refractivity contribution is 9.10. The van der Waals surface area contributed by atoms with E-state index in [-0.39, 0.29) is 0 Å². The number of rotatable bonds is 3. The Morgan fingerprint density at radius 2 is 1.96 bits per heavy atom. The van der Waals surface area contributed by atoms with Crippen molar-refractivity contribution < 1.29 is 0 Å². The quantitative estimate of drug-likeness (QED) is 0.560. The molecule has 0 spiro atoms. The fourth-order valence-electron chi connectivity index (χ4n) is 2.80. The van der Waals surface area contributed by atoms with Crippen molar-refractivity contribution in [3.8, 4) is 0 Å². The summed E-state index contributed by atoms with van der Waals surface area (Å²) in [4.78, 5) is 4.79. The number of fused-ring (bicyclic) bond motifs is 3. The molecule has 0 fully saturated rings. The van der Waals surface area contributed by atoms with Crippen LogP contribution in [-0.2, 0) is 6.42 Å². The van der Waals surface area contributed by atoms with Gasteiger partial charge in [0.05, 0.1) is 5.52 Å². The molecule has 24 heavy (non-hydrogen) atoms. The topological polar surface area (TPSA) is 55.1 Å². The molecular formula is C18H16BrN5. The van der Waals surface area contributed by atoms with E-state index in [2.05, 4.69) is 51.4 Å². The van der Waals surface area contributed by atoms with Gasteiger partial charge in [-0.25, -0.2) is 9.38 Å². The lowest BCUT2D eigenvalue weighted by Gasteiger charge is -2.12. The molecule has 4 aromatic rings. The molecule has 6 heteroatoms. The number of hydrogen-bond acceptors (Lipinski definition) is 4. The number of benzene rings is 2. The van der Waals surface area contributed by atoms with Crippen LogP contribution in [0.15, 0.2) is 46.9 Å². The van der Waals surface area contributed by atoms with Gasteiger partial charge in [-0.15, -0.1) is 10.2 Å². The Morgan fingerprint density at radius 1 is 1.12 bits per heavy atom. The van der Waals surface area contributed by atoms with Crippen LogP contribution in [0.5, 0.6) is 0 Å². The van der Waals surface area contributed by atoms with Crippen molar-refractivity contribution in [2.24, 2.45) is 0 Å². The van der Waals surface area contributed by atoms with Gasteiger partial charge >= 0.3 is 0 Å². The SMILES string of the molecule is CCc1nnc2c3ccccc3nc(Nc3ccc(Br)c(C)c3)n12. The van der Waals surface area contributed by atoms with Crippen LogP contribution >= 0.6 is 15.9 Å². The molecular weight excluding hydrogens is 366 g/mol. The lowest BCUT2D eigenvalue weighted by atomic mass is 10.2. The van der Waals surface area contributed by atoms with Gasteiger partial charge < -0.3 is 5.32 Å². The standard InChI is InChI=1S/C18H16BrN5/c1-3-16-22-23-17-13-6-4-5-7-15(13)21-18(24(16)17)20-12-8-9-14(19)11(2)10-12/h4-10H,3H2,1-2H3,(H,20,21). The van der Waals surface area contributed by atoms with Gasteiger partial charge in [0.2, 0.25) is 5.95 Å². The maximum Gasteiger partial charge on any atom is 0.215 e. The number of anilines is 2. The molecule has 0 amide bonds. The van der Waals surface area contributed by atoms with Gasteiger partial charge in [0.25, 0.3) is 0 Å². The number of nitrogens with zero attached hydrogens (tertiary/aromatic N) is 4. The van der Waals surface area contributed by atoms with Gasteiger partial charge in [-0.1, -0.05) is 35.0 Å². The van der Waals surface area contributed by atoms with Crippen molar-refractivity contribution in [3.63, 3.8) is 0 Å². The third-order valence-corrected chi connectivity index (χ3v) is 4.93. The van der Waals surface area contributed by atoms with Crippen molar-refractivity contribution in [3.05, 3.63) is 58.3 Å². The van der Waals surface area contributed by atoms with Crippen LogP contribution in [0.25, 0.3) is 16.6 Å². The Morgan fingerprint density at radius 3 is 2.75 bits per heavy atom. The molecule has 4 rings (SSSR count). The molecule has 0 atom stereocenters. The second-order valence-corrected chi connectivity index (χ2v) is 6.52. The van der Waals surface area contributed by atoms with Crippen molar-refractivity contribution in [1.82, 2.24) is 19.6 Å². The summed E-state index contributed by atoms with van der Waals surface area (Å²) in [7, 11) is 0. The first kappa shape index (κ1) is 15.1. The number of para-hydroxylation sites is 1. The van der Waals surface area contributed by atoms with Crippen molar-refractivity contribution >= 4 is 44.1 Å². The second kappa shape index (κ2) is 5.87. The van der Waals surface area contributed by atoms with Crippen LogP contribution in [-0.4, -0.2) is 19.6 Å². The Labute approximate surface area is 147 Å². The summed E-state index contributed by atoms with van der Waals surface area (Å²) in [5, 5.41) is 13.1. The molecule has 0 unspecified atom stereocenters. The fraction of sp³-hybridized carbons (Fsp3) is 0.167. The third-order valence-electron chi connectivity index (χ3n) is 4.04. The largest absolute Gasteiger partial charge is 0.325 e. The average Bonchev–Trinajstić information content (AvgIpc) is 3.03. The van der Waals surface area contributed by atoms with Crippen LogP contribution in [0.3, 0.4) is 0 Å². The third kappa shape index (κ3) is 2.43. The summed E-state index contributed by atoms with van der Waals surface area (Å²) in [6, 6.07) is 14.1. The van der Waals surface area contributed by atoms with E-state index in [1.807, 2.05) is 40.8 Å². The zero-order valence-electron chi connectivity index (χ0n) is 13.4. The van der Waals surface area contributed by atoms with Crippen LogP contribution in [0, 0.1) is 6.92 Å². The molecule has 2 aromatic heterocycles. The summed E-state index contributed by atoms with van der Waals surface area (Å²) in [5.74, 6) is 1.62. The minimum absolute atomic E-state index is 0.729. The van der Waals surface area contributed by atoms with Crippen LogP contribution < -0.4 is 5.32 Å². The van der Waals surface area contributed by atoms with Gasteiger partial charge in [0.1, 0.15) is 5.82 Å². The molecule has 120 valence electrons. The lowest BCUT2D eigenvalue weighted by molar-refractivity contribution is 0.904. The van der Waals surface area contributed by atoms with E-state index in [4.69, 9.17) is 4.98 Å². The Balaban J connectivity index is 1.94. The van der Waals surface area contributed by atoms with Gasteiger partial charge in [-0.3, -0.25) is 0 Å². The van der Waals surface area contributed by atoms with E-state index < -0.39 is 0 Å². The highest BCUT2D eigenvalue weighted by Gasteiger charge is 2.14. The second-order valence-electron chi connectivity index (χ2n) is 5.67. The molecule has 0 saturated carbocycles. The van der Waals surface area contributed by atoms with Crippen molar-refractivity contribution in [2.45, 2.75) is 20.3 Å². The summed E-state index contributed by atoms with van der Waals surface area (Å²) in [6.07, 6.45) is 0.787. The van der Waals surface area contributed by atoms with E-state index in [0.717, 1.165) is 50.5 Å². The zero-order valence-corrected chi connectivity index (χ0v) is 15.0. The van der Waals surface area contributed by atoms with Crippen LogP contribution in [0.4, 0.5) is 11.6 Å². The molecule has 2 heterocycles. The molecule has 0 aliphatic heterocycles. The number of halogens is 1. The van der Waals surface area contributed by atoms with Gasteiger partial charge in [0.15, 0.2) is 5.65 Å². The molecule has 0 aliphatic rings. The summed E-state index contributed by atoms with van der Waals surface area (Å²) >= 11 is 3.54. The minimum atomic E-state index is 0.729. The lowest BCUT2D eigenvalue weighted by Crippen LogP contribution is -2.05. The molecule has 0 aliphatic carbocycles. The highest BCUT2D eigenvalue weighted by Crippen LogP contribution is 2.26. The molecule has 2 aromatic carbocycles. The van der Waals surface area contributed by atoms with Gasteiger partial charge in [-0.05, 0) is 42.8 Å². The van der Waals surface area contributed by atoms with E-state index in [1.54, 1.807) is 0 Å². The number of aromatic nitrogens is 4. The maximum absolute atomic E-state index is 4.79. The van der Waals surface area contributed by atoms with Crippen molar-refractivity contribution in [1.29, 1.82) is 0 Å². The predicted octanol–water partition coefficient (Wildman–Crippen LogP) is 4.65. The normalized spacial score (nSPS) is 11.3. The van der Waals surface area contributed by atoms with Crippen molar-refractivity contribution in [2.75, 3.05) is 5.32 Å². The van der Waals surface area contributed by atoms with E-state index in [0.29, 0.717) is 0 Å². The smallest absolute Gasteiger partial charge is 0.215 e. The maximum atomic E-state index is 4.79. The van der Waals surface area contributed by atoms with E-state index in [9.17, 15) is 0 Å². The summed E-state index contributed by atoms with van der Waals surface area (Å²) in [5.41, 5.74) is 3.87. The van der Waals surface area contributed by atoms with Gasteiger partial charge in [-0.2, -0.15) is 0 Å². The highest BCUT2D eigenvalue weighted by atomic mass is 79.9. The summed E-state index contributed by atoms with van der Waals surface area (Å²) < 4.78 is 3.09. The first-order chi connectivity index (χ1) is 11.7. The molecule has 1 N–H and O–H groups in total. The van der Waals surface area contributed by atoms with Crippen LogP contribution in [0.2, 0.25) is 0 Å². The first-order valence-corrected chi connectivity index (χ1v) is 8.62. The Hall–Kier alpha value is -2.47. The first-order valence-electron chi connectivity index (χ1n) is 7.83. The Kier molecular flexibility index (Phi) is 3.69. The Bertz CT molecular complexity index is 1050. The predicted molar refractivity (Wildman–Crippen MR) is 99.8 cm³/mol. The monoisotopic (exact) mass is 381 g/mol. The molecule has 0 saturated heterocycles. The fourth-order valence-corrected chi connectivity index (χ4v) is 3.05.